The summed E-state index contributed by atoms with van der Waals surface area (Å²) in [5.74, 6) is -0.527. The van der Waals surface area contributed by atoms with Crippen LogP contribution in [0, 0.1) is 11.2 Å². The summed E-state index contributed by atoms with van der Waals surface area (Å²) in [7, 11) is 0. The normalized spacial score (nSPS) is 10.3. The van der Waals surface area contributed by atoms with Gasteiger partial charge in [-0.3, -0.25) is 5.41 Å². The molecule has 0 aliphatic heterocycles. The summed E-state index contributed by atoms with van der Waals surface area (Å²) in [6.45, 7) is 0. The molecule has 3 N–H and O–H groups in total. The van der Waals surface area contributed by atoms with Crippen LogP contribution in [-0.2, 0) is 0 Å². The van der Waals surface area contributed by atoms with Gasteiger partial charge in [0.1, 0.15) is 11.7 Å². The van der Waals surface area contributed by atoms with Gasteiger partial charge in [-0.1, -0.05) is 23.9 Å². The lowest BCUT2D eigenvalue weighted by molar-refractivity contribution is 0.626. The summed E-state index contributed by atoms with van der Waals surface area (Å²) in [5.41, 5.74) is 5.88. The number of hydrogen-bond donors (Lipinski definition) is 2. The molecule has 0 aromatic heterocycles. The van der Waals surface area contributed by atoms with E-state index in [-0.39, 0.29) is 5.84 Å². The van der Waals surface area contributed by atoms with E-state index in [1.54, 1.807) is 6.07 Å². The summed E-state index contributed by atoms with van der Waals surface area (Å²) < 4.78 is 14.1. The van der Waals surface area contributed by atoms with Gasteiger partial charge < -0.3 is 5.73 Å². The molecule has 0 aliphatic carbocycles. The lowest BCUT2D eigenvalue weighted by atomic mass is 10.2. The van der Waals surface area contributed by atoms with Crippen LogP contribution in [0.25, 0.3) is 0 Å². The van der Waals surface area contributed by atoms with Crippen molar-refractivity contribution in [1.29, 1.82) is 5.41 Å². The monoisotopic (exact) mass is 324 g/mol. The van der Waals surface area contributed by atoms with Gasteiger partial charge in [0.05, 0.1) is 0 Å². The van der Waals surface area contributed by atoms with Gasteiger partial charge >= 0.3 is 0 Å². The SMILES string of the molecule is N=C(N)c1cc(F)ccc1Sc1ccccc1Br. The van der Waals surface area contributed by atoms with E-state index >= 15 is 0 Å². The van der Waals surface area contributed by atoms with Crippen molar-refractivity contribution >= 4 is 33.5 Å². The fourth-order valence-corrected chi connectivity index (χ4v) is 2.94. The summed E-state index contributed by atoms with van der Waals surface area (Å²) in [5, 5.41) is 7.48. The number of rotatable bonds is 3. The van der Waals surface area contributed by atoms with Crippen molar-refractivity contribution in [2.75, 3.05) is 0 Å². The molecule has 0 bridgehead atoms. The third-order valence-corrected chi connectivity index (χ3v) is 4.39. The lowest BCUT2D eigenvalue weighted by Crippen LogP contribution is -2.12. The fourth-order valence-electron chi connectivity index (χ4n) is 1.45. The second-order valence-electron chi connectivity index (χ2n) is 3.59. The number of halogens is 2. The van der Waals surface area contributed by atoms with Crippen LogP contribution in [0.2, 0.25) is 0 Å². The lowest BCUT2D eigenvalue weighted by Gasteiger charge is -2.09. The van der Waals surface area contributed by atoms with Gasteiger partial charge in [-0.25, -0.2) is 4.39 Å². The van der Waals surface area contributed by atoms with Gasteiger partial charge in [0.25, 0.3) is 0 Å². The average molecular weight is 325 g/mol. The number of nitrogens with two attached hydrogens (primary N) is 1. The van der Waals surface area contributed by atoms with Crippen LogP contribution in [0.5, 0.6) is 0 Å². The molecule has 2 nitrogen and oxygen atoms in total. The van der Waals surface area contributed by atoms with Crippen LogP contribution in [0.3, 0.4) is 0 Å². The maximum atomic E-state index is 13.2. The predicted molar refractivity (Wildman–Crippen MR) is 75.7 cm³/mol. The first-order chi connectivity index (χ1) is 8.58. The zero-order chi connectivity index (χ0) is 13.1. The first-order valence-electron chi connectivity index (χ1n) is 5.14. The zero-order valence-corrected chi connectivity index (χ0v) is 11.7. The number of amidine groups is 1. The molecular weight excluding hydrogens is 315 g/mol. The van der Waals surface area contributed by atoms with Crippen molar-refractivity contribution in [3.8, 4) is 0 Å². The van der Waals surface area contributed by atoms with Gasteiger partial charge in [-0.05, 0) is 46.3 Å². The zero-order valence-electron chi connectivity index (χ0n) is 9.28. The Labute approximate surface area is 117 Å². The Morgan fingerprint density at radius 1 is 1.17 bits per heavy atom. The van der Waals surface area contributed by atoms with Gasteiger partial charge in [0, 0.05) is 19.8 Å². The van der Waals surface area contributed by atoms with Gasteiger partial charge in [0.2, 0.25) is 0 Å². The standard InChI is InChI=1S/C13H10BrFN2S/c14-10-3-1-2-4-12(10)18-11-6-5-8(15)7-9(11)13(16)17/h1-7H,(H3,16,17). The van der Waals surface area contributed by atoms with Crippen molar-refractivity contribution in [2.24, 2.45) is 5.73 Å². The molecule has 0 amide bonds. The minimum absolute atomic E-state index is 0.135. The Hall–Kier alpha value is -1.33. The summed E-state index contributed by atoms with van der Waals surface area (Å²) in [4.78, 5) is 1.75. The molecule has 0 aliphatic rings. The molecule has 18 heavy (non-hydrogen) atoms. The summed E-state index contributed by atoms with van der Waals surface area (Å²) in [6, 6.07) is 12.0. The molecule has 0 spiro atoms. The van der Waals surface area contributed by atoms with Crippen molar-refractivity contribution in [1.82, 2.24) is 0 Å². The topological polar surface area (TPSA) is 49.9 Å². The third-order valence-electron chi connectivity index (χ3n) is 2.29. The number of hydrogen-bond acceptors (Lipinski definition) is 2. The van der Waals surface area contributed by atoms with Crippen LogP contribution >= 0.6 is 27.7 Å². The first-order valence-corrected chi connectivity index (χ1v) is 6.75. The Balaban J connectivity index is 2.41. The van der Waals surface area contributed by atoms with E-state index in [9.17, 15) is 4.39 Å². The molecule has 2 rings (SSSR count). The van der Waals surface area contributed by atoms with E-state index in [4.69, 9.17) is 11.1 Å². The maximum Gasteiger partial charge on any atom is 0.124 e. The molecule has 0 heterocycles. The van der Waals surface area contributed by atoms with Crippen LogP contribution in [-0.4, -0.2) is 5.84 Å². The number of nitrogen functional groups attached to an aromatic ring is 1. The second-order valence-corrected chi connectivity index (χ2v) is 5.52. The van der Waals surface area contributed by atoms with Crippen molar-refractivity contribution in [3.05, 3.63) is 58.3 Å². The second kappa shape index (κ2) is 5.54. The summed E-state index contributed by atoms with van der Waals surface area (Å²) in [6.07, 6.45) is 0. The van der Waals surface area contributed by atoms with E-state index in [1.165, 1.54) is 23.9 Å². The van der Waals surface area contributed by atoms with Crippen LogP contribution in [0.15, 0.2) is 56.7 Å². The van der Waals surface area contributed by atoms with Crippen molar-refractivity contribution in [2.45, 2.75) is 9.79 Å². The van der Waals surface area contributed by atoms with Crippen LogP contribution in [0.1, 0.15) is 5.56 Å². The van der Waals surface area contributed by atoms with Crippen molar-refractivity contribution in [3.63, 3.8) is 0 Å². The predicted octanol–water partition coefficient (Wildman–Crippen LogP) is 4.02. The fraction of sp³-hybridized carbons (Fsp3) is 0. The van der Waals surface area contributed by atoms with Crippen LogP contribution < -0.4 is 5.73 Å². The Kier molecular flexibility index (Phi) is 4.04. The van der Waals surface area contributed by atoms with E-state index in [1.807, 2.05) is 24.3 Å². The van der Waals surface area contributed by atoms with Gasteiger partial charge in [-0.15, -0.1) is 0 Å². The first kappa shape index (κ1) is 13.1. The number of nitrogens with one attached hydrogen (secondary N) is 1. The minimum Gasteiger partial charge on any atom is -0.384 e. The molecule has 0 fully saturated rings. The average Bonchev–Trinajstić information content (AvgIpc) is 2.34. The molecule has 5 heteroatoms. The smallest absolute Gasteiger partial charge is 0.124 e. The molecule has 0 radical (unpaired) electrons. The van der Waals surface area contributed by atoms with E-state index in [0.29, 0.717) is 5.56 Å². The molecular formula is C13H10BrFN2S. The highest BCUT2D eigenvalue weighted by Crippen LogP contribution is 2.35. The molecule has 2 aromatic rings. The minimum atomic E-state index is -0.392. The van der Waals surface area contributed by atoms with Gasteiger partial charge in [-0.2, -0.15) is 0 Å². The summed E-state index contributed by atoms with van der Waals surface area (Å²) >= 11 is 4.89. The molecule has 92 valence electrons. The Bertz CT molecular complexity index is 601. The molecule has 0 unspecified atom stereocenters. The third kappa shape index (κ3) is 2.91. The Morgan fingerprint density at radius 2 is 1.89 bits per heavy atom. The van der Waals surface area contributed by atoms with Crippen molar-refractivity contribution < 1.29 is 4.39 Å². The largest absolute Gasteiger partial charge is 0.384 e. The van der Waals surface area contributed by atoms with Crippen LogP contribution in [0.4, 0.5) is 4.39 Å². The molecule has 0 saturated heterocycles. The highest BCUT2D eigenvalue weighted by atomic mass is 79.9. The highest BCUT2D eigenvalue weighted by Gasteiger charge is 2.10. The quantitative estimate of drug-likeness (QED) is 0.661. The Morgan fingerprint density at radius 3 is 2.56 bits per heavy atom. The molecule has 0 saturated carbocycles. The van der Waals surface area contributed by atoms with E-state index in [2.05, 4.69) is 15.9 Å². The van der Waals surface area contributed by atoms with E-state index in [0.717, 1.165) is 14.3 Å². The maximum absolute atomic E-state index is 13.2. The number of benzene rings is 2. The molecule has 2 aromatic carbocycles. The molecule has 0 atom stereocenters. The highest BCUT2D eigenvalue weighted by molar-refractivity contribution is 9.10. The van der Waals surface area contributed by atoms with E-state index < -0.39 is 5.82 Å². The van der Waals surface area contributed by atoms with Gasteiger partial charge in [0.15, 0.2) is 0 Å².